The lowest BCUT2D eigenvalue weighted by atomic mass is 10.2. The zero-order valence-corrected chi connectivity index (χ0v) is 12.5. The van der Waals surface area contributed by atoms with Crippen molar-refractivity contribution < 1.29 is 13.5 Å². The molecule has 1 unspecified atom stereocenters. The molecule has 0 saturated heterocycles. The summed E-state index contributed by atoms with van der Waals surface area (Å²) in [4.78, 5) is -0.208. The van der Waals surface area contributed by atoms with Crippen molar-refractivity contribution in [1.29, 1.82) is 0 Å². The minimum Gasteiger partial charge on any atom is -0.396 e. The second-order valence-electron chi connectivity index (χ2n) is 3.84. The summed E-state index contributed by atoms with van der Waals surface area (Å²) < 4.78 is 26.3. The number of hydrogen-bond donors (Lipinski definition) is 2. The van der Waals surface area contributed by atoms with Gasteiger partial charge in [-0.25, -0.2) is 13.1 Å². The number of halogens is 3. The first kappa shape index (κ1) is 16.0. The summed E-state index contributed by atoms with van der Waals surface area (Å²) in [6.45, 7) is 1.67. The monoisotopic (exact) mass is 331 g/mol. The van der Waals surface area contributed by atoms with Gasteiger partial charge in [0, 0.05) is 18.2 Å². The molecule has 1 aromatic carbocycles. The number of sulfonamides is 1. The topological polar surface area (TPSA) is 66.4 Å². The lowest BCUT2D eigenvalue weighted by molar-refractivity contribution is 0.238. The number of rotatable bonds is 5. The molecule has 0 amide bonds. The van der Waals surface area contributed by atoms with Crippen LogP contribution in [0.1, 0.15) is 6.92 Å². The maximum absolute atomic E-state index is 12.0. The molecule has 0 aliphatic rings. The van der Waals surface area contributed by atoms with Crippen molar-refractivity contribution in [3.05, 3.63) is 27.2 Å². The Morgan fingerprint density at radius 2 is 1.78 bits per heavy atom. The Balaban J connectivity index is 3.06. The molecule has 0 aliphatic carbocycles. The fraction of sp³-hybridized carbons (Fsp3) is 0.400. The van der Waals surface area contributed by atoms with Gasteiger partial charge in [-0.1, -0.05) is 41.7 Å². The van der Waals surface area contributed by atoms with Crippen LogP contribution in [0.3, 0.4) is 0 Å². The molecule has 0 aromatic heterocycles. The molecule has 4 nitrogen and oxygen atoms in total. The maximum atomic E-state index is 12.0. The highest BCUT2D eigenvalue weighted by Crippen LogP contribution is 2.32. The van der Waals surface area contributed by atoms with Crippen molar-refractivity contribution >= 4 is 44.8 Å². The molecule has 18 heavy (non-hydrogen) atoms. The molecule has 0 bridgehead atoms. The first-order valence-corrected chi connectivity index (χ1v) is 7.64. The summed E-state index contributed by atoms with van der Waals surface area (Å²) in [5.41, 5.74) is 0. The third-order valence-corrected chi connectivity index (χ3v) is 4.73. The van der Waals surface area contributed by atoms with Gasteiger partial charge >= 0.3 is 0 Å². The minimum absolute atomic E-state index is 0.0448. The number of aliphatic hydroxyl groups excluding tert-OH is 1. The molecule has 0 spiro atoms. The van der Waals surface area contributed by atoms with Gasteiger partial charge in [0.05, 0.1) is 10.0 Å². The molecular weight excluding hydrogens is 321 g/mol. The van der Waals surface area contributed by atoms with Crippen LogP contribution in [0.15, 0.2) is 17.0 Å². The average Bonchev–Trinajstić information content (AvgIpc) is 2.24. The first-order valence-electron chi connectivity index (χ1n) is 5.03. The van der Waals surface area contributed by atoms with E-state index in [4.69, 9.17) is 39.9 Å². The van der Waals surface area contributed by atoms with Gasteiger partial charge in [-0.05, 0) is 18.1 Å². The van der Waals surface area contributed by atoms with Crippen LogP contribution in [-0.4, -0.2) is 26.7 Å². The molecule has 0 saturated carbocycles. The van der Waals surface area contributed by atoms with E-state index >= 15 is 0 Å². The Labute approximate surface area is 121 Å². The van der Waals surface area contributed by atoms with Crippen molar-refractivity contribution in [2.75, 3.05) is 13.2 Å². The highest BCUT2D eigenvalue weighted by molar-refractivity contribution is 7.89. The Bertz CT molecular complexity index is 510. The molecular formula is C10H12Cl3NO3S. The minimum atomic E-state index is -3.83. The third kappa shape index (κ3) is 3.98. The zero-order chi connectivity index (χ0) is 13.9. The van der Waals surface area contributed by atoms with Crippen LogP contribution in [0.5, 0.6) is 0 Å². The highest BCUT2D eigenvalue weighted by atomic mass is 35.5. The van der Waals surface area contributed by atoms with Gasteiger partial charge < -0.3 is 5.11 Å². The Kier molecular flexibility index (Phi) is 5.70. The lowest BCUT2D eigenvalue weighted by Crippen LogP contribution is -2.30. The van der Waals surface area contributed by atoms with E-state index in [1.807, 2.05) is 0 Å². The van der Waals surface area contributed by atoms with E-state index in [0.29, 0.717) is 0 Å². The van der Waals surface area contributed by atoms with Crippen LogP contribution in [0.2, 0.25) is 15.1 Å². The second-order valence-corrected chi connectivity index (χ2v) is 6.79. The summed E-state index contributed by atoms with van der Waals surface area (Å²) >= 11 is 17.4. The predicted octanol–water partition coefficient (Wildman–Crippen LogP) is 2.55. The van der Waals surface area contributed by atoms with Crippen LogP contribution in [0.25, 0.3) is 0 Å². The standard InChI is InChI=1S/C10H12Cl3NO3S/c1-6(5-15)4-14-18(16,17)10-8(12)2-7(11)3-9(10)13/h2-3,6,14-15H,4-5H2,1H3. The molecule has 1 aromatic rings. The lowest BCUT2D eigenvalue weighted by Gasteiger charge is -2.12. The molecule has 1 rings (SSSR count). The average molecular weight is 333 g/mol. The summed E-state index contributed by atoms with van der Waals surface area (Å²) in [6.07, 6.45) is 0. The fourth-order valence-corrected chi connectivity index (χ4v) is 3.88. The molecule has 0 radical (unpaired) electrons. The van der Waals surface area contributed by atoms with Gasteiger partial charge in [0.1, 0.15) is 4.90 Å². The van der Waals surface area contributed by atoms with Gasteiger partial charge in [-0.15, -0.1) is 0 Å². The van der Waals surface area contributed by atoms with Crippen molar-refractivity contribution in [3.63, 3.8) is 0 Å². The summed E-state index contributed by atoms with van der Waals surface area (Å²) in [6, 6.07) is 2.61. The van der Waals surface area contributed by atoms with Crippen LogP contribution in [0.4, 0.5) is 0 Å². The molecule has 102 valence electrons. The van der Waals surface area contributed by atoms with Gasteiger partial charge in [-0.2, -0.15) is 0 Å². The largest absolute Gasteiger partial charge is 0.396 e. The summed E-state index contributed by atoms with van der Waals surface area (Å²) in [5.74, 6) is -0.204. The number of nitrogens with one attached hydrogen (secondary N) is 1. The number of hydrogen-bond acceptors (Lipinski definition) is 3. The second kappa shape index (κ2) is 6.41. The smallest absolute Gasteiger partial charge is 0.243 e. The first-order chi connectivity index (χ1) is 8.27. The third-order valence-electron chi connectivity index (χ3n) is 2.17. The van der Waals surface area contributed by atoms with Crippen LogP contribution in [0, 0.1) is 5.92 Å². The van der Waals surface area contributed by atoms with Gasteiger partial charge in [-0.3, -0.25) is 0 Å². The van der Waals surface area contributed by atoms with Crippen molar-refractivity contribution in [2.24, 2.45) is 5.92 Å². The SMILES string of the molecule is CC(CO)CNS(=O)(=O)c1c(Cl)cc(Cl)cc1Cl. The van der Waals surface area contributed by atoms with E-state index < -0.39 is 10.0 Å². The van der Waals surface area contributed by atoms with Crippen molar-refractivity contribution in [2.45, 2.75) is 11.8 Å². The maximum Gasteiger partial charge on any atom is 0.243 e. The van der Waals surface area contributed by atoms with Crippen LogP contribution in [-0.2, 0) is 10.0 Å². The normalized spacial score (nSPS) is 13.6. The Morgan fingerprint density at radius 1 is 1.28 bits per heavy atom. The van der Waals surface area contributed by atoms with Crippen molar-refractivity contribution in [3.8, 4) is 0 Å². The summed E-state index contributed by atoms with van der Waals surface area (Å²) in [7, 11) is -3.83. The molecule has 0 heterocycles. The summed E-state index contributed by atoms with van der Waals surface area (Å²) in [5, 5.41) is 9.01. The molecule has 8 heteroatoms. The van der Waals surface area contributed by atoms with Gasteiger partial charge in [0.25, 0.3) is 0 Å². The molecule has 1 atom stereocenters. The van der Waals surface area contributed by atoms with E-state index in [1.54, 1.807) is 6.92 Å². The quantitative estimate of drug-likeness (QED) is 0.871. The Morgan fingerprint density at radius 3 is 2.22 bits per heavy atom. The van der Waals surface area contributed by atoms with Gasteiger partial charge in [0.2, 0.25) is 10.0 Å². The molecule has 0 fully saturated rings. The highest BCUT2D eigenvalue weighted by Gasteiger charge is 2.22. The molecule has 2 N–H and O–H groups in total. The Hall–Kier alpha value is -0.0400. The van der Waals surface area contributed by atoms with E-state index in [9.17, 15) is 8.42 Å². The van der Waals surface area contributed by atoms with E-state index in [0.717, 1.165) is 0 Å². The van der Waals surface area contributed by atoms with Crippen LogP contribution >= 0.6 is 34.8 Å². The van der Waals surface area contributed by atoms with E-state index in [-0.39, 0.29) is 39.0 Å². The molecule has 0 aliphatic heterocycles. The van der Waals surface area contributed by atoms with Crippen LogP contribution < -0.4 is 4.72 Å². The predicted molar refractivity (Wildman–Crippen MR) is 72.9 cm³/mol. The zero-order valence-electron chi connectivity index (χ0n) is 9.45. The number of aliphatic hydroxyl groups is 1. The van der Waals surface area contributed by atoms with Crippen molar-refractivity contribution in [1.82, 2.24) is 4.72 Å². The fourth-order valence-electron chi connectivity index (χ4n) is 1.17. The number of benzene rings is 1. The van der Waals surface area contributed by atoms with E-state index in [1.165, 1.54) is 12.1 Å². The van der Waals surface area contributed by atoms with E-state index in [2.05, 4.69) is 4.72 Å². The van der Waals surface area contributed by atoms with Gasteiger partial charge in [0.15, 0.2) is 0 Å².